The summed E-state index contributed by atoms with van der Waals surface area (Å²) in [5.74, 6) is 1.94. The Bertz CT molecular complexity index is 847. The standard InChI is InChI=1S/C23H24N2O2/c1-18(2)16-23(26)25(17-19-12-14-24-15-13-19)20-8-10-22(11-9-20)27-21-6-4-3-5-7-21/h3-15,18H,16-17H2,1-2H3. The first-order valence-corrected chi connectivity index (χ1v) is 9.14. The molecular weight excluding hydrogens is 336 g/mol. The van der Waals surface area contributed by atoms with Crippen molar-refractivity contribution in [1.82, 2.24) is 4.98 Å². The van der Waals surface area contributed by atoms with Gasteiger partial charge in [-0.1, -0.05) is 32.0 Å². The van der Waals surface area contributed by atoms with Gasteiger partial charge in [0.1, 0.15) is 11.5 Å². The third-order valence-electron chi connectivity index (χ3n) is 4.10. The number of carbonyl (C=O) groups excluding carboxylic acids is 1. The first kappa shape index (κ1) is 18.6. The lowest BCUT2D eigenvalue weighted by Gasteiger charge is -2.24. The van der Waals surface area contributed by atoms with Gasteiger partial charge in [0.15, 0.2) is 0 Å². The van der Waals surface area contributed by atoms with Crippen LogP contribution in [0.15, 0.2) is 79.1 Å². The van der Waals surface area contributed by atoms with Gasteiger partial charge in [-0.25, -0.2) is 0 Å². The molecule has 4 nitrogen and oxygen atoms in total. The van der Waals surface area contributed by atoms with Crippen molar-refractivity contribution in [2.75, 3.05) is 4.90 Å². The molecule has 0 unspecified atom stereocenters. The molecule has 2 aromatic carbocycles. The minimum Gasteiger partial charge on any atom is -0.457 e. The molecule has 0 aliphatic rings. The highest BCUT2D eigenvalue weighted by Crippen LogP contribution is 2.26. The monoisotopic (exact) mass is 360 g/mol. The molecule has 0 fully saturated rings. The maximum atomic E-state index is 12.8. The van der Waals surface area contributed by atoms with Crippen molar-refractivity contribution in [3.8, 4) is 11.5 Å². The quantitative estimate of drug-likeness (QED) is 0.562. The van der Waals surface area contributed by atoms with Gasteiger partial charge >= 0.3 is 0 Å². The first-order valence-electron chi connectivity index (χ1n) is 9.14. The fraction of sp³-hybridized carbons (Fsp3) is 0.217. The van der Waals surface area contributed by atoms with E-state index in [9.17, 15) is 4.79 Å². The van der Waals surface area contributed by atoms with E-state index < -0.39 is 0 Å². The second kappa shape index (κ2) is 8.99. The van der Waals surface area contributed by atoms with Crippen molar-refractivity contribution < 1.29 is 9.53 Å². The summed E-state index contributed by atoms with van der Waals surface area (Å²) in [5, 5.41) is 0. The number of hydrogen-bond donors (Lipinski definition) is 0. The van der Waals surface area contributed by atoms with Gasteiger partial charge in [0.05, 0.1) is 6.54 Å². The number of aromatic nitrogens is 1. The summed E-state index contributed by atoms with van der Waals surface area (Å²) < 4.78 is 5.84. The van der Waals surface area contributed by atoms with Gasteiger partial charge < -0.3 is 9.64 Å². The van der Waals surface area contributed by atoms with Crippen LogP contribution in [-0.4, -0.2) is 10.9 Å². The van der Waals surface area contributed by atoms with Crippen LogP contribution in [0.1, 0.15) is 25.8 Å². The molecule has 0 bridgehead atoms. The van der Waals surface area contributed by atoms with E-state index in [0.29, 0.717) is 18.9 Å². The van der Waals surface area contributed by atoms with E-state index in [0.717, 1.165) is 22.7 Å². The second-order valence-electron chi connectivity index (χ2n) is 6.84. The number of anilines is 1. The lowest BCUT2D eigenvalue weighted by Crippen LogP contribution is -2.31. The van der Waals surface area contributed by atoms with E-state index in [4.69, 9.17) is 4.74 Å². The van der Waals surface area contributed by atoms with E-state index in [-0.39, 0.29) is 5.91 Å². The highest BCUT2D eigenvalue weighted by atomic mass is 16.5. The van der Waals surface area contributed by atoms with Crippen molar-refractivity contribution in [3.63, 3.8) is 0 Å². The molecule has 0 saturated heterocycles. The van der Waals surface area contributed by atoms with Gasteiger partial charge in [0.25, 0.3) is 0 Å². The summed E-state index contributed by atoms with van der Waals surface area (Å²) in [6.45, 7) is 4.63. The highest BCUT2D eigenvalue weighted by molar-refractivity contribution is 5.93. The SMILES string of the molecule is CC(C)CC(=O)N(Cc1ccncc1)c1ccc(Oc2ccccc2)cc1. The number of benzene rings is 2. The van der Waals surface area contributed by atoms with Gasteiger partial charge in [-0.2, -0.15) is 0 Å². The van der Waals surface area contributed by atoms with Gasteiger partial charge in [0.2, 0.25) is 5.91 Å². The van der Waals surface area contributed by atoms with E-state index in [1.807, 2.05) is 71.6 Å². The van der Waals surface area contributed by atoms with Gasteiger partial charge in [0, 0.05) is 24.5 Å². The number of rotatable bonds is 7. The summed E-state index contributed by atoms with van der Waals surface area (Å²) in [7, 11) is 0. The molecule has 0 aliphatic heterocycles. The molecule has 4 heteroatoms. The summed E-state index contributed by atoms with van der Waals surface area (Å²) in [6.07, 6.45) is 4.00. The zero-order valence-electron chi connectivity index (χ0n) is 15.7. The van der Waals surface area contributed by atoms with E-state index in [1.54, 1.807) is 12.4 Å². The van der Waals surface area contributed by atoms with Gasteiger partial charge in [-0.3, -0.25) is 9.78 Å². The Kier molecular flexibility index (Phi) is 6.21. The van der Waals surface area contributed by atoms with Crippen molar-refractivity contribution in [2.45, 2.75) is 26.8 Å². The fourth-order valence-electron chi connectivity index (χ4n) is 2.77. The maximum absolute atomic E-state index is 12.8. The molecule has 1 aromatic heterocycles. The summed E-state index contributed by atoms with van der Waals surface area (Å²) >= 11 is 0. The Balaban J connectivity index is 1.79. The number of hydrogen-bond acceptors (Lipinski definition) is 3. The highest BCUT2D eigenvalue weighted by Gasteiger charge is 2.17. The molecule has 3 rings (SSSR count). The molecule has 0 radical (unpaired) electrons. The molecule has 0 saturated carbocycles. The Labute approximate surface area is 160 Å². The molecular formula is C23H24N2O2. The molecule has 27 heavy (non-hydrogen) atoms. The summed E-state index contributed by atoms with van der Waals surface area (Å²) in [4.78, 5) is 18.7. The second-order valence-corrected chi connectivity index (χ2v) is 6.84. The van der Waals surface area contributed by atoms with E-state index >= 15 is 0 Å². The van der Waals surface area contributed by atoms with Crippen LogP contribution in [-0.2, 0) is 11.3 Å². The largest absolute Gasteiger partial charge is 0.457 e. The normalized spacial score (nSPS) is 10.6. The number of para-hydroxylation sites is 1. The van der Waals surface area contributed by atoms with Crippen molar-refractivity contribution >= 4 is 11.6 Å². The molecule has 0 atom stereocenters. The predicted molar refractivity (Wildman–Crippen MR) is 108 cm³/mol. The zero-order valence-corrected chi connectivity index (χ0v) is 15.7. The Hall–Kier alpha value is -3.14. The average molecular weight is 360 g/mol. The van der Waals surface area contributed by atoms with Crippen LogP contribution in [0.5, 0.6) is 11.5 Å². The number of nitrogens with zero attached hydrogens (tertiary/aromatic N) is 2. The molecule has 138 valence electrons. The van der Waals surface area contributed by atoms with E-state index in [1.165, 1.54) is 0 Å². The third kappa shape index (κ3) is 5.42. The van der Waals surface area contributed by atoms with Crippen LogP contribution in [0.2, 0.25) is 0 Å². The van der Waals surface area contributed by atoms with Crippen LogP contribution in [0, 0.1) is 5.92 Å². The smallest absolute Gasteiger partial charge is 0.227 e. The minimum atomic E-state index is 0.110. The molecule has 1 heterocycles. The third-order valence-corrected chi connectivity index (χ3v) is 4.10. The molecule has 3 aromatic rings. The number of carbonyl (C=O) groups is 1. The number of pyridine rings is 1. The van der Waals surface area contributed by atoms with Crippen LogP contribution in [0.3, 0.4) is 0 Å². The number of amides is 1. The fourth-order valence-corrected chi connectivity index (χ4v) is 2.77. The Morgan fingerprint density at radius 3 is 2.19 bits per heavy atom. The number of ether oxygens (including phenoxy) is 1. The van der Waals surface area contributed by atoms with Crippen molar-refractivity contribution in [3.05, 3.63) is 84.7 Å². The molecule has 0 aliphatic carbocycles. The zero-order chi connectivity index (χ0) is 19.1. The lowest BCUT2D eigenvalue weighted by molar-refractivity contribution is -0.119. The minimum absolute atomic E-state index is 0.110. The van der Waals surface area contributed by atoms with Crippen LogP contribution >= 0.6 is 0 Å². The first-order chi connectivity index (χ1) is 13.1. The van der Waals surface area contributed by atoms with Crippen LogP contribution in [0.25, 0.3) is 0 Å². The topological polar surface area (TPSA) is 42.4 Å². The molecule has 0 N–H and O–H groups in total. The lowest BCUT2D eigenvalue weighted by atomic mass is 10.1. The van der Waals surface area contributed by atoms with Gasteiger partial charge in [-0.15, -0.1) is 0 Å². The summed E-state index contributed by atoms with van der Waals surface area (Å²) in [5.41, 5.74) is 1.91. The molecule has 1 amide bonds. The Morgan fingerprint density at radius 1 is 0.926 bits per heavy atom. The maximum Gasteiger partial charge on any atom is 0.227 e. The van der Waals surface area contributed by atoms with E-state index in [2.05, 4.69) is 18.8 Å². The Morgan fingerprint density at radius 2 is 1.56 bits per heavy atom. The van der Waals surface area contributed by atoms with Gasteiger partial charge in [-0.05, 0) is 60.0 Å². The molecule has 0 spiro atoms. The van der Waals surface area contributed by atoms with Crippen molar-refractivity contribution in [1.29, 1.82) is 0 Å². The average Bonchev–Trinajstić information content (AvgIpc) is 2.68. The predicted octanol–water partition coefficient (Wildman–Crippen LogP) is 5.45. The van der Waals surface area contributed by atoms with Crippen molar-refractivity contribution in [2.24, 2.45) is 5.92 Å². The summed E-state index contributed by atoms with van der Waals surface area (Å²) in [6, 6.07) is 21.2. The van der Waals surface area contributed by atoms with Crippen LogP contribution in [0.4, 0.5) is 5.69 Å². The van der Waals surface area contributed by atoms with Crippen LogP contribution < -0.4 is 9.64 Å².